The highest BCUT2D eigenvalue weighted by Crippen LogP contribution is 2.14. The van der Waals surface area contributed by atoms with Gasteiger partial charge in [-0.2, -0.15) is 0 Å². The molecule has 0 bridgehead atoms. The zero-order valence-corrected chi connectivity index (χ0v) is 11.3. The molecule has 0 saturated carbocycles. The fraction of sp³-hybridized carbons (Fsp3) is 0.364. The molecule has 1 aromatic rings. The van der Waals surface area contributed by atoms with Crippen molar-refractivity contribution in [3.8, 4) is 0 Å². The Morgan fingerprint density at radius 1 is 1.39 bits per heavy atom. The molecule has 0 aromatic heterocycles. The van der Waals surface area contributed by atoms with Crippen LogP contribution in [-0.2, 0) is 14.6 Å². The second-order valence-corrected chi connectivity index (χ2v) is 6.41. The topological polar surface area (TPSA) is 89.3 Å². The average Bonchev–Trinajstić information content (AvgIpc) is 2.25. The summed E-state index contributed by atoms with van der Waals surface area (Å²) in [5.41, 5.74) is 5.70. The SMILES string of the molecule is NCCCS(=O)(=O)CC(=O)Nc1cccc(Cl)c1. The number of carbonyl (C=O) groups is 1. The van der Waals surface area contributed by atoms with E-state index < -0.39 is 21.5 Å². The molecule has 0 heterocycles. The summed E-state index contributed by atoms with van der Waals surface area (Å²) < 4.78 is 23.0. The number of anilines is 1. The van der Waals surface area contributed by atoms with E-state index in [-0.39, 0.29) is 12.3 Å². The number of rotatable bonds is 6. The van der Waals surface area contributed by atoms with Crippen LogP contribution in [0.4, 0.5) is 5.69 Å². The Bertz CT molecular complexity index is 517. The molecule has 7 heteroatoms. The summed E-state index contributed by atoms with van der Waals surface area (Å²) >= 11 is 5.75. The number of hydrogen-bond donors (Lipinski definition) is 2. The number of nitrogens with one attached hydrogen (secondary N) is 1. The van der Waals surface area contributed by atoms with Crippen molar-refractivity contribution in [1.29, 1.82) is 0 Å². The number of hydrogen-bond acceptors (Lipinski definition) is 4. The summed E-state index contributed by atoms with van der Waals surface area (Å²) in [6.07, 6.45) is 0.354. The minimum absolute atomic E-state index is 0.0769. The van der Waals surface area contributed by atoms with Crippen molar-refractivity contribution in [3.63, 3.8) is 0 Å². The average molecular weight is 291 g/mol. The van der Waals surface area contributed by atoms with Crippen molar-refractivity contribution in [2.45, 2.75) is 6.42 Å². The van der Waals surface area contributed by atoms with Crippen LogP contribution >= 0.6 is 11.6 Å². The predicted molar refractivity (Wildman–Crippen MR) is 72.4 cm³/mol. The molecule has 0 radical (unpaired) electrons. The van der Waals surface area contributed by atoms with Gasteiger partial charge in [0, 0.05) is 10.7 Å². The lowest BCUT2D eigenvalue weighted by atomic mass is 10.3. The van der Waals surface area contributed by atoms with Gasteiger partial charge in [-0.3, -0.25) is 4.79 Å². The normalized spacial score (nSPS) is 11.2. The molecule has 1 rings (SSSR count). The van der Waals surface area contributed by atoms with Crippen LogP contribution in [0.15, 0.2) is 24.3 Å². The van der Waals surface area contributed by atoms with Gasteiger partial charge in [-0.1, -0.05) is 17.7 Å². The number of halogens is 1. The van der Waals surface area contributed by atoms with Crippen LogP contribution in [0.2, 0.25) is 5.02 Å². The number of carbonyl (C=O) groups excluding carboxylic acids is 1. The van der Waals surface area contributed by atoms with Crippen LogP contribution in [0.5, 0.6) is 0 Å². The highest BCUT2D eigenvalue weighted by Gasteiger charge is 2.16. The zero-order chi connectivity index (χ0) is 13.6. The molecule has 0 atom stereocenters. The first-order valence-electron chi connectivity index (χ1n) is 5.39. The van der Waals surface area contributed by atoms with Gasteiger partial charge in [-0.15, -0.1) is 0 Å². The molecule has 3 N–H and O–H groups in total. The van der Waals surface area contributed by atoms with Gasteiger partial charge in [0.25, 0.3) is 0 Å². The molecule has 100 valence electrons. The first-order valence-corrected chi connectivity index (χ1v) is 7.59. The maximum absolute atomic E-state index is 11.5. The summed E-state index contributed by atoms with van der Waals surface area (Å²) in [6, 6.07) is 6.51. The first kappa shape index (κ1) is 14.9. The lowest BCUT2D eigenvalue weighted by molar-refractivity contribution is -0.113. The van der Waals surface area contributed by atoms with Crippen LogP contribution in [0.3, 0.4) is 0 Å². The molecule has 0 aliphatic rings. The summed E-state index contributed by atoms with van der Waals surface area (Å²) in [4.78, 5) is 11.5. The van der Waals surface area contributed by atoms with Crippen LogP contribution in [0, 0.1) is 0 Å². The van der Waals surface area contributed by atoms with E-state index in [4.69, 9.17) is 17.3 Å². The van der Waals surface area contributed by atoms with Crippen molar-refractivity contribution >= 4 is 33.0 Å². The molecule has 0 spiro atoms. The van der Waals surface area contributed by atoms with E-state index in [1.54, 1.807) is 24.3 Å². The molecule has 5 nitrogen and oxygen atoms in total. The van der Waals surface area contributed by atoms with Crippen LogP contribution in [0.25, 0.3) is 0 Å². The Hall–Kier alpha value is -1.11. The van der Waals surface area contributed by atoms with Crippen molar-refractivity contribution < 1.29 is 13.2 Å². The Morgan fingerprint density at radius 2 is 2.11 bits per heavy atom. The van der Waals surface area contributed by atoms with Gasteiger partial charge in [0.05, 0.1) is 5.75 Å². The fourth-order valence-electron chi connectivity index (χ4n) is 1.34. The van der Waals surface area contributed by atoms with E-state index in [0.717, 1.165) is 0 Å². The largest absolute Gasteiger partial charge is 0.330 e. The number of amides is 1. The molecule has 18 heavy (non-hydrogen) atoms. The monoisotopic (exact) mass is 290 g/mol. The van der Waals surface area contributed by atoms with E-state index >= 15 is 0 Å². The minimum atomic E-state index is -3.40. The molecule has 1 aromatic carbocycles. The summed E-state index contributed by atoms with van der Waals surface area (Å²) in [7, 11) is -3.40. The van der Waals surface area contributed by atoms with Crippen LogP contribution in [0.1, 0.15) is 6.42 Å². The van der Waals surface area contributed by atoms with Gasteiger partial charge in [0.1, 0.15) is 5.75 Å². The second-order valence-electron chi connectivity index (χ2n) is 3.79. The molecule has 1 amide bonds. The maximum Gasteiger partial charge on any atom is 0.239 e. The Labute approximate surface area is 111 Å². The Kier molecular flexibility index (Phi) is 5.58. The third-order valence-corrected chi connectivity index (χ3v) is 3.97. The molecule has 0 aliphatic heterocycles. The highest BCUT2D eigenvalue weighted by molar-refractivity contribution is 7.92. The van der Waals surface area contributed by atoms with Gasteiger partial charge < -0.3 is 11.1 Å². The quantitative estimate of drug-likeness (QED) is 0.819. The zero-order valence-electron chi connectivity index (χ0n) is 9.73. The van der Waals surface area contributed by atoms with E-state index in [1.807, 2.05) is 0 Å². The Morgan fingerprint density at radius 3 is 2.72 bits per heavy atom. The van der Waals surface area contributed by atoms with E-state index in [0.29, 0.717) is 17.1 Å². The van der Waals surface area contributed by atoms with Crippen molar-refractivity contribution in [2.24, 2.45) is 5.73 Å². The van der Waals surface area contributed by atoms with Crippen molar-refractivity contribution in [2.75, 3.05) is 23.4 Å². The van der Waals surface area contributed by atoms with Crippen molar-refractivity contribution in [1.82, 2.24) is 0 Å². The van der Waals surface area contributed by atoms with E-state index in [9.17, 15) is 13.2 Å². The summed E-state index contributed by atoms with van der Waals surface area (Å²) in [5.74, 6) is -1.19. The summed E-state index contributed by atoms with van der Waals surface area (Å²) in [5, 5.41) is 2.95. The molecular formula is C11H15ClN2O3S. The number of benzene rings is 1. The van der Waals surface area contributed by atoms with Gasteiger partial charge >= 0.3 is 0 Å². The van der Waals surface area contributed by atoms with Crippen LogP contribution < -0.4 is 11.1 Å². The second kappa shape index (κ2) is 6.72. The number of nitrogens with two attached hydrogens (primary N) is 1. The van der Waals surface area contributed by atoms with E-state index in [2.05, 4.69) is 5.32 Å². The predicted octanol–water partition coefficient (Wildman–Crippen LogP) is 1.04. The first-order chi connectivity index (χ1) is 8.43. The third-order valence-electron chi connectivity index (χ3n) is 2.12. The Balaban J connectivity index is 2.57. The van der Waals surface area contributed by atoms with Crippen LogP contribution in [-0.4, -0.2) is 32.4 Å². The maximum atomic E-state index is 11.5. The number of sulfone groups is 1. The molecule has 0 fully saturated rings. The van der Waals surface area contributed by atoms with Gasteiger partial charge in [-0.05, 0) is 31.2 Å². The molecular weight excluding hydrogens is 276 g/mol. The standard InChI is InChI=1S/C11H15ClN2O3S/c12-9-3-1-4-10(7-9)14-11(15)8-18(16,17)6-2-5-13/h1,3-4,7H,2,5-6,8,13H2,(H,14,15). The van der Waals surface area contributed by atoms with Crippen molar-refractivity contribution in [3.05, 3.63) is 29.3 Å². The smallest absolute Gasteiger partial charge is 0.239 e. The molecule has 0 saturated heterocycles. The van der Waals surface area contributed by atoms with Gasteiger partial charge in [0.15, 0.2) is 9.84 Å². The summed E-state index contributed by atoms with van der Waals surface area (Å²) in [6.45, 7) is 0.287. The third kappa shape index (κ3) is 5.48. The lowest BCUT2D eigenvalue weighted by Crippen LogP contribution is -2.25. The minimum Gasteiger partial charge on any atom is -0.330 e. The highest BCUT2D eigenvalue weighted by atomic mass is 35.5. The van der Waals surface area contributed by atoms with E-state index in [1.165, 1.54) is 0 Å². The molecule has 0 aliphatic carbocycles. The fourth-order valence-corrected chi connectivity index (χ4v) is 2.75. The lowest BCUT2D eigenvalue weighted by Gasteiger charge is -2.06. The van der Waals surface area contributed by atoms with Gasteiger partial charge in [0.2, 0.25) is 5.91 Å². The van der Waals surface area contributed by atoms with Gasteiger partial charge in [-0.25, -0.2) is 8.42 Å². The molecule has 0 unspecified atom stereocenters.